The van der Waals surface area contributed by atoms with Gasteiger partial charge in [-0.05, 0) is 41.3 Å². The largest absolute Gasteiger partial charge is 0.497 e. The van der Waals surface area contributed by atoms with Crippen LogP contribution in [0.5, 0.6) is 5.75 Å². The molecular formula is C26H29NO2. The number of hydrogen-bond acceptors (Lipinski definition) is 3. The Morgan fingerprint density at radius 3 is 2.10 bits per heavy atom. The Labute approximate surface area is 174 Å². The summed E-state index contributed by atoms with van der Waals surface area (Å²) in [5.74, 6) is 1.94. The van der Waals surface area contributed by atoms with Crippen LogP contribution in [0.3, 0.4) is 0 Å². The first kappa shape index (κ1) is 20.7. The van der Waals surface area contributed by atoms with Gasteiger partial charge in [0.1, 0.15) is 18.1 Å². The third kappa shape index (κ3) is 4.51. The molecule has 2 aromatic carbocycles. The van der Waals surface area contributed by atoms with Crippen LogP contribution in [0.4, 0.5) is 0 Å². The van der Waals surface area contributed by atoms with Crippen LogP contribution < -0.4 is 4.74 Å². The van der Waals surface area contributed by atoms with Gasteiger partial charge in [-0.1, -0.05) is 69.8 Å². The molecule has 3 heteroatoms. The summed E-state index contributed by atoms with van der Waals surface area (Å²) in [7, 11) is 1.64. The number of nitrogens with zero attached hydrogens (tertiary/aromatic N) is 1. The van der Waals surface area contributed by atoms with Crippen molar-refractivity contribution in [1.82, 2.24) is 4.98 Å². The second-order valence-corrected chi connectivity index (χ2v) is 7.70. The zero-order valence-corrected chi connectivity index (χ0v) is 17.7. The van der Waals surface area contributed by atoms with Crippen molar-refractivity contribution in [2.75, 3.05) is 7.11 Å². The van der Waals surface area contributed by atoms with Crippen LogP contribution in [0, 0.1) is 5.92 Å². The maximum atomic E-state index is 5.89. The Bertz CT molecular complexity index is 931. The molecule has 0 aliphatic rings. The van der Waals surface area contributed by atoms with E-state index >= 15 is 0 Å². The van der Waals surface area contributed by atoms with Crippen molar-refractivity contribution in [3.8, 4) is 5.75 Å². The highest BCUT2D eigenvalue weighted by molar-refractivity contribution is 5.58. The fourth-order valence-corrected chi connectivity index (χ4v) is 3.49. The van der Waals surface area contributed by atoms with Crippen molar-refractivity contribution in [2.45, 2.75) is 32.8 Å². The lowest BCUT2D eigenvalue weighted by atomic mass is 9.68. The molecule has 0 saturated heterocycles. The highest BCUT2D eigenvalue weighted by atomic mass is 16.5. The van der Waals surface area contributed by atoms with Crippen molar-refractivity contribution in [2.24, 2.45) is 5.92 Å². The van der Waals surface area contributed by atoms with Gasteiger partial charge in [0.25, 0.3) is 0 Å². The molecule has 0 fully saturated rings. The van der Waals surface area contributed by atoms with E-state index in [9.17, 15) is 0 Å². The van der Waals surface area contributed by atoms with Crippen LogP contribution in [0.1, 0.15) is 43.2 Å². The molecule has 29 heavy (non-hydrogen) atoms. The van der Waals surface area contributed by atoms with Crippen LogP contribution >= 0.6 is 0 Å². The Kier molecular flexibility index (Phi) is 6.38. The third-order valence-electron chi connectivity index (χ3n) is 5.77. The van der Waals surface area contributed by atoms with Crippen LogP contribution in [0.2, 0.25) is 0 Å². The summed E-state index contributed by atoms with van der Waals surface area (Å²) in [5.41, 5.74) is 4.33. The molecule has 0 N–H and O–H groups in total. The maximum Gasteiger partial charge on any atom is 0.130 e. The van der Waals surface area contributed by atoms with E-state index in [1.54, 1.807) is 13.3 Å². The molecule has 0 bridgehead atoms. The van der Waals surface area contributed by atoms with E-state index < -0.39 is 0 Å². The molecule has 1 heterocycles. The van der Waals surface area contributed by atoms with Crippen LogP contribution in [0.25, 0.3) is 5.76 Å². The second kappa shape index (κ2) is 8.95. The first-order valence-electron chi connectivity index (χ1n) is 9.92. The summed E-state index contributed by atoms with van der Waals surface area (Å²) in [5, 5.41) is 0. The van der Waals surface area contributed by atoms with E-state index in [0.29, 0.717) is 18.3 Å². The lowest BCUT2D eigenvalue weighted by molar-refractivity contribution is 0.301. The number of rotatable bonds is 8. The van der Waals surface area contributed by atoms with Crippen LogP contribution in [0.15, 0.2) is 79.5 Å². The van der Waals surface area contributed by atoms with E-state index in [1.807, 2.05) is 30.3 Å². The second-order valence-electron chi connectivity index (χ2n) is 7.70. The fraction of sp³-hybridized carbons (Fsp3) is 0.269. The predicted molar refractivity (Wildman–Crippen MR) is 119 cm³/mol. The molecule has 3 rings (SSSR count). The summed E-state index contributed by atoms with van der Waals surface area (Å²) in [6.45, 7) is 11.2. The van der Waals surface area contributed by atoms with E-state index in [2.05, 4.69) is 68.7 Å². The number of pyridine rings is 1. The van der Waals surface area contributed by atoms with Crippen LogP contribution in [-0.2, 0) is 16.8 Å². The summed E-state index contributed by atoms with van der Waals surface area (Å²) in [6.07, 6.45) is 1.78. The molecule has 1 unspecified atom stereocenters. The average molecular weight is 388 g/mol. The molecule has 3 nitrogen and oxygen atoms in total. The Morgan fingerprint density at radius 1 is 0.966 bits per heavy atom. The van der Waals surface area contributed by atoms with E-state index in [1.165, 1.54) is 11.1 Å². The Balaban J connectivity index is 1.82. The fourth-order valence-electron chi connectivity index (χ4n) is 3.49. The molecular weight excluding hydrogens is 358 g/mol. The van der Waals surface area contributed by atoms with Crippen molar-refractivity contribution >= 4 is 5.76 Å². The van der Waals surface area contributed by atoms with Gasteiger partial charge < -0.3 is 9.47 Å². The van der Waals surface area contributed by atoms with Gasteiger partial charge in [0.2, 0.25) is 0 Å². The third-order valence-corrected chi connectivity index (χ3v) is 5.77. The zero-order chi connectivity index (χ0) is 20.9. The minimum Gasteiger partial charge on any atom is -0.497 e. The van der Waals surface area contributed by atoms with E-state index in [4.69, 9.17) is 9.47 Å². The Morgan fingerprint density at radius 2 is 1.59 bits per heavy atom. The quantitative estimate of drug-likeness (QED) is 0.429. The molecule has 0 aliphatic heterocycles. The average Bonchev–Trinajstić information content (AvgIpc) is 2.77. The normalized spacial score (nSPS) is 13.0. The monoisotopic (exact) mass is 387 g/mol. The van der Waals surface area contributed by atoms with E-state index in [-0.39, 0.29) is 5.41 Å². The highest BCUT2D eigenvalue weighted by Gasteiger charge is 2.32. The van der Waals surface area contributed by atoms with Gasteiger partial charge in [-0.25, -0.2) is 0 Å². The van der Waals surface area contributed by atoms with Crippen molar-refractivity contribution in [3.63, 3.8) is 0 Å². The minimum absolute atomic E-state index is 0.119. The molecule has 0 radical (unpaired) electrons. The number of hydrogen-bond donors (Lipinski definition) is 0. The maximum absolute atomic E-state index is 5.89. The molecule has 1 atom stereocenters. The van der Waals surface area contributed by atoms with E-state index in [0.717, 1.165) is 17.0 Å². The number of ether oxygens (including phenoxy) is 2. The standard InChI is InChI=1S/C26H29NO2/c1-19(2)26(4,22-11-9-21(10-12-22)20(3)28-5)23-13-15-25(16-14-23)29-18-24-8-6-7-17-27-24/h6-17,19H,3,18H2,1-2,4-5H3. The topological polar surface area (TPSA) is 31.4 Å². The first-order valence-corrected chi connectivity index (χ1v) is 9.92. The predicted octanol–water partition coefficient (Wildman–Crippen LogP) is 6.24. The van der Waals surface area contributed by atoms with Gasteiger partial charge in [-0.15, -0.1) is 0 Å². The lowest BCUT2D eigenvalue weighted by Crippen LogP contribution is -2.30. The number of methoxy groups -OCH3 is 1. The van der Waals surface area contributed by atoms with Gasteiger partial charge >= 0.3 is 0 Å². The molecule has 3 aromatic rings. The van der Waals surface area contributed by atoms with Crippen molar-refractivity contribution < 1.29 is 9.47 Å². The van der Waals surface area contributed by atoms with Crippen molar-refractivity contribution in [1.29, 1.82) is 0 Å². The molecule has 0 saturated carbocycles. The van der Waals surface area contributed by atoms with Gasteiger partial charge in [0.15, 0.2) is 0 Å². The number of benzene rings is 2. The van der Waals surface area contributed by atoms with Gasteiger partial charge in [0.05, 0.1) is 12.8 Å². The minimum atomic E-state index is -0.119. The molecule has 1 aromatic heterocycles. The lowest BCUT2D eigenvalue weighted by Gasteiger charge is -2.35. The molecule has 0 amide bonds. The van der Waals surface area contributed by atoms with Gasteiger partial charge in [0, 0.05) is 17.2 Å². The smallest absolute Gasteiger partial charge is 0.130 e. The number of aromatic nitrogens is 1. The highest BCUT2D eigenvalue weighted by Crippen LogP contribution is 2.39. The van der Waals surface area contributed by atoms with Crippen LogP contribution in [-0.4, -0.2) is 12.1 Å². The SMILES string of the molecule is C=C(OC)c1ccc(C(C)(c2ccc(OCc3ccccn3)cc2)C(C)C)cc1. The van der Waals surface area contributed by atoms with Gasteiger partial charge in [-0.3, -0.25) is 4.98 Å². The summed E-state index contributed by atoms with van der Waals surface area (Å²) < 4.78 is 11.1. The van der Waals surface area contributed by atoms with Gasteiger partial charge in [-0.2, -0.15) is 0 Å². The molecule has 0 spiro atoms. The van der Waals surface area contributed by atoms with Crippen molar-refractivity contribution in [3.05, 3.63) is 102 Å². The summed E-state index contributed by atoms with van der Waals surface area (Å²) in [4.78, 5) is 4.30. The zero-order valence-electron chi connectivity index (χ0n) is 17.7. The summed E-state index contributed by atoms with van der Waals surface area (Å²) in [6, 6.07) is 22.7. The molecule has 150 valence electrons. The summed E-state index contributed by atoms with van der Waals surface area (Å²) >= 11 is 0. The molecule has 0 aliphatic carbocycles. The first-order chi connectivity index (χ1) is 13.9. The Hall–Kier alpha value is -3.07.